The van der Waals surface area contributed by atoms with Crippen molar-refractivity contribution in [1.29, 1.82) is 0 Å². The molecule has 0 saturated carbocycles. The van der Waals surface area contributed by atoms with E-state index >= 15 is 0 Å². The topological polar surface area (TPSA) is 66.8 Å². The van der Waals surface area contributed by atoms with Crippen LogP contribution in [0, 0.1) is 5.82 Å². The highest BCUT2D eigenvalue weighted by atomic mass is 19.4. The first-order chi connectivity index (χ1) is 11.4. The van der Waals surface area contributed by atoms with Crippen molar-refractivity contribution < 1.29 is 17.6 Å². The van der Waals surface area contributed by atoms with Crippen molar-refractivity contribution in [2.75, 3.05) is 23.3 Å². The van der Waals surface area contributed by atoms with Crippen LogP contribution in [-0.4, -0.2) is 39.1 Å². The first-order valence-corrected chi connectivity index (χ1v) is 7.30. The molecule has 10 heteroatoms. The lowest BCUT2D eigenvalue weighted by atomic mass is 10.1. The SMILES string of the molecule is Fc1cnc(NC2CCN(c3cc(C(F)(F)F)ncn3)CC2)nc1. The number of hydrogen-bond acceptors (Lipinski definition) is 6. The Kier molecular flexibility index (Phi) is 4.45. The van der Waals surface area contributed by atoms with Crippen LogP contribution in [-0.2, 0) is 6.18 Å². The van der Waals surface area contributed by atoms with E-state index in [0.29, 0.717) is 31.9 Å². The quantitative estimate of drug-likeness (QED) is 0.865. The second-order valence-corrected chi connectivity index (χ2v) is 5.39. The van der Waals surface area contributed by atoms with Crippen molar-refractivity contribution in [3.05, 3.63) is 36.3 Å². The molecule has 3 heterocycles. The number of hydrogen-bond donors (Lipinski definition) is 1. The Bertz CT molecular complexity index is 682. The second kappa shape index (κ2) is 6.54. The fourth-order valence-corrected chi connectivity index (χ4v) is 2.50. The molecule has 1 aliphatic heterocycles. The van der Waals surface area contributed by atoms with Crippen LogP contribution < -0.4 is 10.2 Å². The van der Waals surface area contributed by atoms with Gasteiger partial charge < -0.3 is 10.2 Å². The van der Waals surface area contributed by atoms with Crippen molar-refractivity contribution in [3.8, 4) is 0 Å². The normalized spacial score (nSPS) is 16.2. The molecule has 1 fully saturated rings. The zero-order valence-corrected chi connectivity index (χ0v) is 12.5. The Morgan fingerprint density at radius 2 is 1.71 bits per heavy atom. The van der Waals surface area contributed by atoms with Gasteiger partial charge >= 0.3 is 6.18 Å². The van der Waals surface area contributed by atoms with Gasteiger partial charge in [0, 0.05) is 25.2 Å². The minimum atomic E-state index is -4.49. The summed E-state index contributed by atoms with van der Waals surface area (Å²) in [7, 11) is 0. The van der Waals surface area contributed by atoms with Crippen LogP contribution >= 0.6 is 0 Å². The first-order valence-electron chi connectivity index (χ1n) is 7.30. The van der Waals surface area contributed by atoms with Crippen LogP contribution in [0.4, 0.5) is 29.3 Å². The molecule has 0 bridgehead atoms. The van der Waals surface area contributed by atoms with Gasteiger partial charge in [-0.2, -0.15) is 13.2 Å². The fourth-order valence-electron chi connectivity index (χ4n) is 2.50. The zero-order chi connectivity index (χ0) is 17.2. The van der Waals surface area contributed by atoms with Crippen LogP contribution in [0.5, 0.6) is 0 Å². The number of nitrogens with one attached hydrogen (secondary N) is 1. The molecule has 0 radical (unpaired) electrons. The molecule has 0 aromatic carbocycles. The first kappa shape index (κ1) is 16.3. The molecule has 0 unspecified atom stereocenters. The zero-order valence-electron chi connectivity index (χ0n) is 12.5. The predicted molar refractivity (Wildman–Crippen MR) is 77.9 cm³/mol. The molecule has 2 aromatic heterocycles. The molecule has 128 valence electrons. The van der Waals surface area contributed by atoms with E-state index in [2.05, 4.69) is 25.3 Å². The maximum atomic E-state index is 12.8. The van der Waals surface area contributed by atoms with Gasteiger partial charge in [-0.15, -0.1) is 0 Å². The molecule has 0 atom stereocenters. The minimum Gasteiger partial charge on any atom is -0.356 e. The summed E-state index contributed by atoms with van der Waals surface area (Å²) < 4.78 is 50.9. The molecular weight excluding hydrogens is 328 g/mol. The Balaban J connectivity index is 1.60. The highest BCUT2D eigenvalue weighted by molar-refractivity contribution is 5.40. The third kappa shape index (κ3) is 3.87. The van der Waals surface area contributed by atoms with E-state index in [1.165, 1.54) is 0 Å². The van der Waals surface area contributed by atoms with Crippen LogP contribution in [0.25, 0.3) is 0 Å². The second-order valence-electron chi connectivity index (χ2n) is 5.39. The number of anilines is 2. The van der Waals surface area contributed by atoms with E-state index in [-0.39, 0.29) is 11.9 Å². The third-order valence-electron chi connectivity index (χ3n) is 3.72. The molecule has 2 aromatic rings. The van der Waals surface area contributed by atoms with Crippen LogP contribution in [0.1, 0.15) is 18.5 Å². The molecule has 6 nitrogen and oxygen atoms in total. The van der Waals surface area contributed by atoms with Crippen LogP contribution in [0.3, 0.4) is 0 Å². The van der Waals surface area contributed by atoms with E-state index in [4.69, 9.17) is 0 Å². The van der Waals surface area contributed by atoms with Gasteiger partial charge in [-0.25, -0.2) is 24.3 Å². The smallest absolute Gasteiger partial charge is 0.356 e. The van der Waals surface area contributed by atoms with Crippen LogP contribution in [0.2, 0.25) is 0 Å². The molecule has 0 amide bonds. The Morgan fingerprint density at radius 3 is 2.33 bits per heavy atom. The van der Waals surface area contributed by atoms with E-state index in [9.17, 15) is 17.6 Å². The summed E-state index contributed by atoms with van der Waals surface area (Å²) in [6, 6.07) is 1.02. The lowest BCUT2D eigenvalue weighted by Gasteiger charge is -2.33. The van der Waals surface area contributed by atoms with Gasteiger partial charge in [-0.1, -0.05) is 0 Å². The van der Waals surface area contributed by atoms with Crippen LogP contribution in [0.15, 0.2) is 24.8 Å². The third-order valence-corrected chi connectivity index (χ3v) is 3.72. The maximum Gasteiger partial charge on any atom is 0.433 e. The molecule has 0 spiro atoms. The molecule has 1 saturated heterocycles. The lowest BCUT2D eigenvalue weighted by molar-refractivity contribution is -0.141. The van der Waals surface area contributed by atoms with Gasteiger partial charge in [0.1, 0.15) is 17.8 Å². The highest BCUT2D eigenvalue weighted by Crippen LogP contribution is 2.29. The minimum absolute atomic E-state index is 0.0654. The summed E-state index contributed by atoms with van der Waals surface area (Å²) >= 11 is 0. The van der Waals surface area contributed by atoms with Gasteiger partial charge in [-0.3, -0.25) is 0 Å². The van der Waals surface area contributed by atoms with Crippen molar-refractivity contribution >= 4 is 11.8 Å². The number of aromatic nitrogens is 4. The number of alkyl halides is 3. The van der Waals surface area contributed by atoms with Crippen molar-refractivity contribution in [1.82, 2.24) is 19.9 Å². The number of rotatable bonds is 3. The summed E-state index contributed by atoms with van der Waals surface area (Å²) in [5.74, 6) is 0.0738. The average Bonchev–Trinajstić information content (AvgIpc) is 2.57. The van der Waals surface area contributed by atoms with Crippen molar-refractivity contribution in [2.45, 2.75) is 25.1 Å². The molecule has 24 heavy (non-hydrogen) atoms. The molecule has 0 aliphatic carbocycles. The highest BCUT2D eigenvalue weighted by Gasteiger charge is 2.33. The summed E-state index contributed by atoms with van der Waals surface area (Å²) in [5, 5.41) is 3.09. The van der Waals surface area contributed by atoms with Gasteiger partial charge in [-0.05, 0) is 12.8 Å². The molecule has 1 aliphatic rings. The van der Waals surface area contributed by atoms with E-state index < -0.39 is 17.7 Å². The Morgan fingerprint density at radius 1 is 1.04 bits per heavy atom. The summed E-state index contributed by atoms with van der Waals surface area (Å²) in [5.41, 5.74) is -0.951. The van der Waals surface area contributed by atoms with E-state index in [1.54, 1.807) is 4.90 Å². The lowest BCUT2D eigenvalue weighted by Crippen LogP contribution is -2.40. The Hall–Kier alpha value is -2.52. The summed E-state index contributed by atoms with van der Waals surface area (Å²) in [6.07, 6.45) is -0.0709. The average molecular weight is 342 g/mol. The molecule has 3 rings (SSSR count). The van der Waals surface area contributed by atoms with Crippen molar-refractivity contribution in [2.24, 2.45) is 0 Å². The summed E-state index contributed by atoms with van der Waals surface area (Å²) in [4.78, 5) is 16.6. The van der Waals surface area contributed by atoms with Gasteiger partial charge in [0.2, 0.25) is 5.95 Å². The van der Waals surface area contributed by atoms with E-state index in [0.717, 1.165) is 24.8 Å². The number of nitrogens with zero attached hydrogens (tertiary/aromatic N) is 5. The Labute approximate surface area is 135 Å². The standard InChI is InChI=1S/C14H14F4N6/c15-9-6-19-13(20-7-9)23-10-1-3-24(4-2-10)12-5-11(14(16,17)18)21-8-22-12/h5-8,10H,1-4H2,(H,19,20,23). The van der Waals surface area contributed by atoms with E-state index in [1.807, 2.05) is 0 Å². The monoisotopic (exact) mass is 342 g/mol. The fraction of sp³-hybridized carbons (Fsp3) is 0.429. The van der Waals surface area contributed by atoms with Crippen molar-refractivity contribution in [3.63, 3.8) is 0 Å². The number of halogens is 4. The van der Waals surface area contributed by atoms with Gasteiger partial charge in [0.25, 0.3) is 0 Å². The summed E-state index contributed by atoms with van der Waals surface area (Å²) in [6.45, 7) is 1.07. The van der Waals surface area contributed by atoms with Gasteiger partial charge in [0.15, 0.2) is 5.82 Å². The van der Waals surface area contributed by atoms with Gasteiger partial charge in [0.05, 0.1) is 12.4 Å². The molecular formula is C14H14F4N6. The maximum absolute atomic E-state index is 12.8. The number of piperidine rings is 1. The molecule has 1 N–H and O–H groups in total. The predicted octanol–water partition coefficient (Wildman–Crippen LogP) is 2.51. The largest absolute Gasteiger partial charge is 0.433 e.